The first-order valence-corrected chi connectivity index (χ1v) is 4.48. The highest BCUT2D eigenvalue weighted by Gasteiger charge is 2.33. The minimum atomic E-state index is -0.0813. The Hall–Kier alpha value is -0.570. The Morgan fingerprint density at radius 1 is 1.50 bits per heavy atom. The standard InChI is InChI=1S/C9H17NO2/c1-6-4-5-10-7(2)8(6)9(11)12-3/h6-8,10H,4-5H2,1-3H3/t6-,7-,8-/m1/s1. The molecule has 70 valence electrons. The summed E-state index contributed by atoms with van der Waals surface area (Å²) in [7, 11) is 1.45. The van der Waals surface area contributed by atoms with Gasteiger partial charge in [-0.05, 0) is 25.8 Å². The first-order chi connectivity index (χ1) is 5.66. The Morgan fingerprint density at radius 3 is 2.67 bits per heavy atom. The molecule has 1 aliphatic rings. The smallest absolute Gasteiger partial charge is 0.310 e. The van der Waals surface area contributed by atoms with Gasteiger partial charge in [0, 0.05) is 6.04 Å². The van der Waals surface area contributed by atoms with Gasteiger partial charge in [-0.3, -0.25) is 4.79 Å². The molecule has 1 saturated heterocycles. The van der Waals surface area contributed by atoms with Crippen molar-refractivity contribution in [3.05, 3.63) is 0 Å². The van der Waals surface area contributed by atoms with Crippen molar-refractivity contribution in [3.8, 4) is 0 Å². The van der Waals surface area contributed by atoms with Gasteiger partial charge in [0.05, 0.1) is 13.0 Å². The van der Waals surface area contributed by atoms with Crippen LogP contribution in [-0.4, -0.2) is 25.7 Å². The van der Waals surface area contributed by atoms with Crippen molar-refractivity contribution in [1.29, 1.82) is 0 Å². The summed E-state index contributed by atoms with van der Waals surface area (Å²) >= 11 is 0. The molecule has 1 rings (SSSR count). The van der Waals surface area contributed by atoms with E-state index in [0.717, 1.165) is 13.0 Å². The molecule has 0 aromatic carbocycles. The van der Waals surface area contributed by atoms with Gasteiger partial charge in [0.15, 0.2) is 0 Å². The predicted octanol–water partition coefficient (Wildman–Crippen LogP) is 0.793. The predicted molar refractivity (Wildman–Crippen MR) is 46.8 cm³/mol. The first kappa shape index (κ1) is 9.52. The molecule has 0 aromatic heterocycles. The first-order valence-electron chi connectivity index (χ1n) is 4.48. The second-order valence-electron chi connectivity index (χ2n) is 3.56. The third kappa shape index (κ3) is 1.78. The molecule has 0 bridgehead atoms. The second kappa shape index (κ2) is 3.90. The highest BCUT2D eigenvalue weighted by molar-refractivity contribution is 5.73. The zero-order valence-electron chi connectivity index (χ0n) is 7.96. The van der Waals surface area contributed by atoms with E-state index in [1.165, 1.54) is 7.11 Å². The minimum Gasteiger partial charge on any atom is -0.469 e. The van der Waals surface area contributed by atoms with Crippen LogP contribution in [0.4, 0.5) is 0 Å². The fraction of sp³-hybridized carbons (Fsp3) is 0.889. The zero-order chi connectivity index (χ0) is 9.14. The molecule has 0 amide bonds. The maximum Gasteiger partial charge on any atom is 0.310 e. The second-order valence-corrected chi connectivity index (χ2v) is 3.56. The number of carbonyl (C=O) groups excluding carboxylic acids is 1. The van der Waals surface area contributed by atoms with Crippen LogP contribution in [0.3, 0.4) is 0 Å². The number of esters is 1. The topological polar surface area (TPSA) is 38.3 Å². The normalized spacial score (nSPS) is 36.1. The van der Waals surface area contributed by atoms with Crippen LogP contribution in [0.25, 0.3) is 0 Å². The van der Waals surface area contributed by atoms with Gasteiger partial charge >= 0.3 is 5.97 Å². The van der Waals surface area contributed by atoms with Crippen molar-refractivity contribution in [1.82, 2.24) is 5.32 Å². The summed E-state index contributed by atoms with van der Waals surface area (Å²) < 4.78 is 4.75. The van der Waals surface area contributed by atoms with Gasteiger partial charge in [-0.1, -0.05) is 6.92 Å². The van der Waals surface area contributed by atoms with E-state index < -0.39 is 0 Å². The number of rotatable bonds is 1. The van der Waals surface area contributed by atoms with E-state index in [1.807, 2.05) is 6.92 Å². The summed E-state index contributed by atoms with van der Waals surface area (Å²) in [5.74, 6) is 0.389. The van der Waals surface area contributed by atoms with Crippen molar-refractivity contribution in [2.45, 2.75) is 26.3 Å². The molecule has 0 unspecified atom stereocenters. The van der Waals surface area contributed by atoms with E-state index >= 15 is 0 Å². The van der Waals surface area contributed by atoms with Gasteiger partial charge < -0.3 is 10.1 Å². The van der Waals surface area contributed by atoms with Gasteiger partial charge in [-0.15, -0.1) is 0 Å². The molecule has 3 atom stereocenters. The fourth-order valence-electron chi connectivity index (χ4n) is 1.91. The van der Waals surface area contributed by atoms with Crippen molar-refractivity contribution in [2.24, 2.45) is 11.8 Å². The number of piperidine rings is 1. The Bertz CT molecular complexity index is 160. The highest BCUT2D eigenvalue weighted by atomic mass is 16.5. The molecule has 0 saturated carbocycles. The molecule has 1 aliphatic heterocycles. The van der Waals surface area contributed by atoms with Gasteiger partial charge in [-0.25, -0.2) is 0 Å². The maximum atomic E-state index is 11.3. The Kier molecular flexibility index (Phi) is 3.09. The summed E-state index contributed by atoms with van der Waals surface area (Å²) in [5, 5.41) is 3.28. The largest absolute Gasteiger partial charge is 0.469 e. The monoisotopic (exact) mass is 171 g/mol. The van der Waals surface area contributed by atoms with Crippen LogP contribution >= 0.6 is 0 Å². The molecule has 1 N–H and O–H groups in total. The lowest BCUT2D eigenvalue weighted by Gasteiger charge is -2.33. The van der Waals surface area contributed by atoms with E-state index in [4.69, 9.17) is 4.74 Å². The van der Waals surface area contributed by atoms with Crippen LogP contribution in [0.1, 0.15) is 20.3 Å². The molecule has 0 spiro atoms. The average Bonchev–Trinajstić information content (AvgIpc) is 2.03. The van der Waals surface area contributed by atoms with Crippen molar-refractivity contribution in [3.63, 3.8) is 0 Å². The van der Waals surface area contributed by atoms with E-state index in [0.29, 0.717) is 5.92 Å². The fourth-order valence-corrected chi connectivity index (χ4v) is 1.91. The van der Waals surface area contributed by atoms with Crippen molar-refractivity contribution >= 4 is 5.97 Å². The third-order valence-electron chi connectivity index (χ3n) is 2.69. The molecule has 0 radical (unpaired) electrons. The summed E-state index contributed by atoms with van der Waals surface area (Å²) in [4.78, 5) is 11.3. The number of hydrogen-bond donors (Lipinski definition) is 1. The molecular weight excluding hydrogens is 154 g/mol. The van der Waals surface area contributed by atoms with Crippen molar-refractivity contribution in [2.75, 3.05) is 13.7 Å². The van der Waals surface area contributed by atoms with Gasteiger partial charge in [0.2, 0.25) is 0 Å². The van der Waals surface area contributed by atoms with Crippen molar-refractivity contribution < 1.29 is 9.53 Å². The average molecular weight is 171 g/mol. The van der Waals surface area contributed by atoms with Crippen LogP contribution in [-0.2, 0) is 9.53 Å². The van der Waals surface area contributed by atoms with E-state index in [-0.39, 0.29) is 17.9 Å². The third-order valence-corrected chi connectivity index (χ3v) is 2.69. The van der Waals surface area contributed by atoms with Crippen LogP contribution in [0, 0.1) is 11.8 Å². The molecule has 0 aromatic rings. The van der Waals surface area contributed by atoms with Gasteiger partial charge in [0.1, 0.15) is 0 Å². The number of ether oxygens (including phenoxy) is 1. The summed E-state index contributed by atoms with van der Waals surface area (Å²) in [6.45, 7) is 5.16. The maximum absolute atomic E-state index is 11.3. The Morgan fingerprint density at radius 2 is 2.17 bits per heavy atom. The Balaban J connectivity index is 2.62. The SMILES string of the molecule is COC(=O)[C@@H]1[C@H](C)CCN[C@@H]1C. The van der Waals surface area contributed by atoms with E-state index in [2.05, 4.69) is 12.2 Å². The van der Waals surface area contributed by atoms with E-state index in [9.17, 15) is 4.79 Å². The van der Waals surface area contributed by atoms with E-state index in [1.54, 1.807) is 0 Å². The zero-order valence-corrected chi connectivity index (χ0v) is 7.96. The summed E-state index contributed by atoms with van der Waals surface area (Å²) in [6.07, 6.45) is 1.06. The molecule has 0 aliphatic carbocycles. The van der Waals surface area contributed by atoms with Crippen LogP contribution in [0.2, 0.25) is 0 Å². The lowest BCUT2D eigenvalue weighted by Crippen LogP contribution is -2.47. The van der Waals surface area contributed by atoms with Crippen LogP contribution in [0.15, 0.2) is 0 Å². The summed E-state index contributed by atoms with van der Waals surface area (Å²) in [6, 6.07) is 0.251. The number of nitrogens with one attached hydrogen (secondary N) is 1. The number of carbonyl (C=O) groups is 1. The molecular formula is C9H17NO2. The molecule has 1 fully saturated rings. The lowest BCUT2D eigenvalue weighted by molar-refractivity contribution is -0.149. The molecule has 3 nitrogen and oxygen atoms in total. The molecule has 1 heterocycles. The highest BCUT2D eigenvalue weighted by Crippen LogP contribution is 2.23. The minimum absolute atomic E-state index is 0.0312. The number of methoxy groups -OCH3 is 1. The Labute approximate surface area is 73.5 Å². The quantitative estimate of drug-likeness (QED) is 0.593. The lowest BCUT2D eigenvalue weighted by atomic mass is 9.83. The number of hydrogen-bond acceptors (Lipinski definition) is 3. The van der Waals surface area contributed by atoms with Gasteiger partial charge in [-0.2, -0.15) is 0 Å². The molecule has 3 heteroatoms. The van der Waals surface area contributed by atoms with Gasteiger partial charge in [0.25, 0.3) is 0 Å². The van der Waals surface area contributed by atoms with Crippen LogP contribution in [0.5, 0.6) is 0 Å². The molecule has 12 heavy (non-hydrogen) atoms. The van der Waals surface area contributed by atoms with Crippen LogP contribution < -0.4 is 5.32 Å². The summed E-state index contributed by atoms with van der Waals surface area (Å²) in [5.41, 5.74) is 0.